The van der Waals surface area contributed by atoms with Crippen molar-refractivity contribution in [1.29, 1.82) is 0 Å². The number of hydrogen-bond donors (Lipinski definition) is 0. The maximum atomic E-state index is 12.3. The lowest BCUT2D eigenvalue weighted by Crippen LogP contribution is -2.57. The van der Waals surface area contributed by atoms with Crippen molar-refractivity contribution in [2.75, 3.05) is 26.2 Å². The third kappa shape index (κ3) is 5.85. The molecule has 0 aromatic heterocycles. The Morgan fingerprint density at radius 3 is 2.04 bits per heavy atom. The number of piperidine rings is 2. The molecule has 2 aliphatic heterocycles. The minimum Gasteiger partial charge on any atom is -0.450 e. The smallest absolute Gasteiger partial charge is 0.410 e. The van der Waals surface area contributed by atoms with Gasteiger partial charge in [-0.1, -0.05) is 20.8 Å². The van der Waals surface area contributed by atoms with Gasteiger partial charge in [-0.15, -0.1) is 0 Å². The molecule has 2 saturated heterocycles. The van der Waals surface area contributed by atoms with Gasteiger partial charge in [0, 0.05) is 50.7 Å². The van der Waals surface area contributed by atoms with Crippen molar-refractivity contribution in [2.24, 2.45) is 5.41 Å². The van der Waals surface area contributed by atoms with Crippen LogP contribution in [0.25, 0.3) is 0 Å². The average molecular weight is 396 g/mol. The van der Waals surface area contributed by atoms with Crippen LogP contribution < -0.4 is 0 Å². The van der Waals surface area contributed by atoms with E-state index in [4.69, 9.17) is 4.74 Å². The van der Waals surface area contributed by atoms with Gasteiger partial charge in [0.2, 0.25) is 5.91 Å². The third-order valence-electron chi connectivity index (χ3n) is 6.16. The van der Waals surface area contributed by atoms with Crippen molar-refractivity contribution >= 4 is 12.0 Å². The Morgan fingerprint density at radius 2 is 1.61 bits per heavy atom. The SMILES string of the molecule is CCOC(=O)N1C(C)CC(N2CCC(N(CC(C)(C)C)C(C)=O)CC2)CC1C. The van der Waals surface area contributed by atoms with Gasteiger partial charge >= 0.3 is 6.09 Å². The lowest BCUT2D eigenvalue weighted by atomic mass is 9.89. The van der Waals surface area contributed by atoms with Crippen LogP contribution in [0.5, 0.6) is 0 Å². The van der Waals surface area contributed by atoms with Crippen molar-refractivity contribution in [3.63, 3.8) is 0 Å². The second-order valence-corrected chi connectivity index (χ2v) is 9.90. The number of nitrogens with zero attached hydrogens (tertiary/aromatic N) is 3. The number of likely N-dealkylation sites (tertiary alicyclic amines) is 2. The van der Waals surface area contributed by atoms with E-state index < -0.39 is 0 Å². The molecule has 2 rings (SSSR count). The van der Waals surface area contributed by atoms with Crippen molar-refractivity contribution in [3.05, 3.63) is 0 Å². The summed E-state index contributed by atoms with van der Waals surface area (Å²) in [6.07, 6.45) is 3.88. The Morgan fingerprint density at radius 1 is 1.07 bits per heavy atom. The van der Waals surface area contributed by atoms with E-state index in [0.717, 1.165) is 45.3 Å². The molecular formula is C22H41N3O3. The molecule has 0 aromatic rings. The quantitative estimate of drug-likeness (QED) is 0.728. The van der Waals surface area contributed by atoms with Crippen molar-refractivity contribution in [2.45, 2.75) is 98.3 Å². The van der Waals surface area contributed by atoms with E-state index in [2.05, 4.69) is 44.4 Å². The second-order valence-electron chi connectivity index (χ2n) is 9.90. The molecule has 28 heavy (non-hydrogen) atoms. The number of carbonyl (C=O) groups is 2. The third-order valence-corrected chi connectivity index (χ3v) is 6.16. The van der Waals surface area contributed by atoms with Gasteiger partial charge < -0.3 is 19.4 Å². The summed E-state index contributed by atoms with van der Waals surface area (Å²) in [5.74, 6) is 0.193. The molecule has 6 heteroatoms. The molecule has 6 nitrogen and oxygen atoms in total. The molecule has 2 heterocycles. The number of carbonyl (C=O) groups excluding carboxylic acids is 2. The highest BCUT2D eigenvalue weighted by atomic mass is 16.6. The molecule has 2 aliphatic rings. The second kappa shape index (κ2) is 9.47. The highest BCUT2D eigenvalue weighted by molar-refractivity contribution is 5.73. The van der Waals surface area contributed by atoms with Gasteiger partial charge in [0.1, 0.15) is 0 Å². The summed E-state index contributed by atoms with van der Waals surface area (Å²) < 4.78 is 5.24. The molecule has 0 aromatic carbocycles. The first-order chi connectivity index (χ1) is 13.0. The molecule has 2 atom stereocenters. The van der Waals surface area contributed by atoms with E-state index in [1.54, 1.807) is 6.92 Å². The van der Waals surface area contributed by atoms with Crippen LogP contribution in [-0.2, 0) is 9.53 Å². The fourth-order valence-corrected chi connectivity index (χ4v) is 4.97. The first-order valence-corrected chi connectivity index (χ1v) is 11.0. The maximum Gasteiger partial charge on any atom is 0.410 e. The van der Waals surface area contributed by atoms with E-state index in [1.807, 2.05) is 11.8 Å². The Hall–Kier alpha value is -1.30. The fraction of sp³-hybridized carbons (Fsp3) is 0.909. The van der Waals surface area contributed by atoms with Crippen molar-refractivity contribution < 1.29 is 14.3 Å². The number of amides is 2. The Bertz CT molecular complexity index is 526. The van der Waals surface area contributed by atoms with Gasteiger partial charge in [-0.3, -0.25) is 4.79 Å². The summed E-state index contributed by atoms with van der Waals surface area (Å²) >= 11 is 0. The minimum absolute atomic E-state index is 0.119. The zero-order chi connectivity index (χ0) is 21.1. The largest absolute Gasteiger partial charge is 0.450 e. The van der Waals surface area contributed by atoms with Crippen LogP contribution in [0.1, 0.15) is 74.1 Å². The molecule has 0 N–H and O–H groups in total. The van der Waals surface area contributed by atoms with Gasteiger partial charge in [0.05, 0.1) is 6.61 Å². The Kier molecular flexibility index (Phi) is 7.77. The molecule has 2 fully saturated rings. The maximum absolute atomic E-state index is 12.3. The zero-order valence-electron chi connectivity index (χ0n) is 19.0. The van der Waals surface area contributed by atoms with Gasteiger partial charge in [-0.25, -0.2) is 4.79 Å². The van der Waals surface area contributed by atoms with Crippen LogP contribution in [-0.4, -0.2) is 77.1 Å². The average Bonchev–Trinajstić information content (AvgIpc) is 2.58. The topological polar surface area (TPSA) is 53.1 Å². The fourth-order valence-electron chi connectivity index (χ4n) is 4.97. The van der Waals surface area contributed by atoms with E-state index in [1.165, 1.54) is 0 Å². The van der Waals surface area contributed by atoms with E-state index in [-0.39, 0.29) is 29.5 Å². The molecule has 162 valence electrons. The molecule has 0 spiro atoms. The molecule has 0 radical (unpaired) electrons. The Labute approximate surface area is 171 Å². The zero-order valence-corrected chi connectivity index (χ0v) is 19.0. The van der Waals surface area contributed by atoms with Crippen LogP contribution in [0.3, 0.4) is 0 Å². The van der Waals surface area contributed by atoms with Crippen LogP contribution in [0.15, 0.2) is 0 Å². The van der Waals surface area contributed by atoms with Crippen molar-refractivity contribution in [3.8, 4) is 0 Å². The highest BCUT2D eigenvalue weighted by Crippen LogP contribution is 2.30. The lowest BCUT2D eigenvalue weighted by Gasteiger charge is -2.48. The molecular weight excluding hydrogens is 354 g/mol. The Balaban J connectivity index is 1.93. The first kappa shape index (κ1) is 23.0. The van der Waals surface area contributed by atoms with Gasteiger partial charge in [0.25, 0.3) is 0 Å². The summed E-state index contributed by atoms with van der Waals surface area (Å²) in [7, 11) is 0. The van der Waals surface area contributed by atoms with E-state index >= 15 is 0 Å². The lowest BCUT2D eigenvalue weighted by molar-refractivity contribution is -0.134. The summed E-state index contributed by atoms with van der Waals surface area (Å²) in [4.78, 5) is 31.0. The predicted molar refractivity (Wildman–Crippen MR) is 112 cm³/mol. The molecule has 2 amide bonds. The first-order valence-electron chi connectivity index (χ1n) is 11.0. The summed E-state index contributed by atoms with van der Waals surface area (Å²) in [6, 6.07) is 1.24. The van der Waals surface area contributed by atoms with Crippen LogP contribution in [0.4, 0.5) is 4.79 Å². The van der Waals surface area contributed by atoms with Crippen LogP contribution in [0.2, 0.25) is 0 Å². The molecule has 0 bridgehead atoms. The number of hydrogen-bond acceptors (Lipinski definition) is 4. The number of ether oxygens (including phenoxy) is 1. The van der Waals surface area contributed by atoms with Crippen molar-refractivity contribution in [1.82, 2.24) is 14.7 Å². The monoisotopic (exact) mass is 395 g/mol. The normalized spacial score (nSPS) is 27.5. The van der Waals surface area contributed by atoms with Crippen LogP contribution in [0, 0.1) is 5.41 Å². The van der Waals surface area contributed by atoms with Gasteiger partial charge in [-0.2, -0.15) is 0 Å². The predicted octanol–water partition coefficient (Wildman–Crippen LogP) is 3.74. The number of rotatable bonds is 4. The van der Waals surface area contributed by atoms with Gasteiger partial charge in [0.15, 0.2) is 0 Å². The standard InChI is InChI=1S/C22H41N3O3/c1-8-28-21(27)25-16(2)13-20(14-17(25)3)23-11-9-19(10-12-23)24(18(4)26)15-22(5,6)7/h16-17,19-20H,8-15H2,1-7H3. The highest BCUT2D eigenvalue weighted by Gasteiger charge is 2.39. The summed E-state index contributed by atoms with van der Waals surface area (Å²) in [6.45, 7) is 17.7. The molecule has 0 saturated carbocycles. The van der Waals surface area contributed by atoms with E-state index in [0.29, 0.717) is 18.7 Å². The minimum atomic E-state index is -0.182. The molecule has 0 aliphatic carbocycles. The van der Waals surface area contributed by atoms with Crippen LogP contribution >= 0.6 is 0 Å². The summed E-state index contributed by atoms with van der Waals surface area (Å²) in [5, 5.41) is 0. The van der Waals surface area contributed by atoms with E-state index in [9.17, 15) is 9.59 Å². The molecule has 2 unspecified atom stereocenters. The summed E-state index contributed by atoms with van der Waals surface area (Å²) in [5.41, 5.74) is 0.119. The van der Waals surface area contributed by atoms with Gasteiger partial charge in [-0.05, 0) is 51.9 Å².